The van der Waals surface area contributed by atoms with E-state index in [1.165, 1.54) is 49.6 Å². The van der Waals surface area contributed by atoms with E-state index in [1.807, 2.05) is 0 Å². The van der Waals surface area contributed by atoms with Gasteiger partial charge in [-0.3, -0.25) is 4.79 Å². The molecular formula is C24H14F4O6. The van der Waals surface area contributed by atoms with Gasteiger partial charge in [-0.1, -0.05) is 0 Å². The van der Waals surface area contributed by atoms with E-state index in [-0.39, 0.29) is 22.4 Å². The fraction of sp³-hybridized carbons (Fsp3) is 0.0833. The molecule has 0 aliphatic rings. The third-order valence-corrected chi connectivity index (χ3v) is 4.65. The van der Waals surface area contributed by atoms with Gasteiger partial charge in [0.1, 0.15) is 28.6 Å². The third-order valence-electron chi connectivity index (χ3n) is 4.65. The summed E-state index contributed by atoms with van der Waals surface area (Å²) in [6.07, 6.45) is -5.06. The first kappa shape index (κ1) is 22.8. The molecule has 0 bridgehead atoms. The van der Waals surface area contributed by atoms with Crippen molar-refractivity contribution >= 4 is 16.9 Å². The summed E-state index contributed by atoms with van der Waals surface area (Å²) in [6, 6.07) is 13.4. The van der Waals surface area contributed by atoms with Gasteiger partial charge in [-0.25, -0.2) is 9.18 Å². The Labute approximate surface area is 188 Å². The second-order valence-corrected chi connectivity index (χ2v) is 6.92. The summed E-state index contributed by atoms with van der Waals surface area (Å²) < 4.78 is 74.4. The normalized spacial score (nSPS) is 11.3. The van der Waals surface area contributed by atoms with Crippen molar-refractivity contribution in [3.05, 3.63) is 94.1 Å². The van der Waals surface area contributed by atoms with Gasteiger partial charge >= 0.3 is 12.1 Å². The van der Waals surface area contributed by atoms with Crippen LogP contribution in [0.1, 0.15) is 16.1 Å². The second kappa shape index (κ2) is 8.89. The molecule has 6 nitrogen and oxygen atoms in total. The molecule has 0 aliphatic carbocycles. The molecule has 0 saturated heterocycles. The highest BCUT2D eigenvalue weighted by atomic mass is 19.4. The van der Waals surface area contributed by atoms with Crippen molar-refractivity contribution in [3.63, 3.8) is 0 Å². The monoisotopic (exact) mass is 474 g/mol. The number of rotatable bonds is 5. The first-order valence-electron chi connectivity index (χ1n) is 9.63. The van der Waals surface area contributed by atoms with Crippen LogP contribution in [-0.2, 0) is 6.18 Å². The van der Waals surface area contributed by atoms with E-state index in [0.29, 0.717) is 5.75 Å². The highest BCUT2D eigenvalue weighted by Crippen LogP contribution is 2.39. The Morgan fingerprint density at radius 3 is 2.12 bits per heavy atom. The number of alkyl halides is 3. The van der Waals surface area contributed by atoms with E-state index in [1.54, 1.807) is 0 Å². The Kier molecular flexibility index (Phi) is 5.97. The third kappa shape index (κ3) is 4.70. The lowest BCUT2D eigenvalue weighted by Crippen LogP contribution is -2.15. The van der Waals surface area contributed by atoms with Crippen LogP contribution < -0.4 is 19.6 Å². The van der Waals surface area contributed by atoms with Crippen LogP contribution in [0.5, 0.6) is 23.0 Å². The summed E-state index contributed by atoms with van der Waals surface area (Å²) in [7, 11) is 1.42. The molecule has 0 amide bonds. The average Bonchev–Trinajstić information content (AvgIpc) is 2.81. The van der Waals surface area contributed by atoms with Crippen LogP contribution in [-0.4, -0.2) is 13.1 Å². The lowest BCUT2D eigenvalue weighted by molar-refractivity contribution is -0.154. The second-order valence-electron chi connectivity index (χ2n) is 6.92. The molecule has 174 valence electrons. The summed E-state index contributed by atoms with van der Waals surface area (Å²) in [6.45, 7) is 0. The number of methoxy groups -OCH3 is 1. The molecule has 0 atom stereocenters. The minimum atomic E-state index is -5.06. The SMILES string of the molecule is COc1ccc(Oc2c(C(F)(F)F)oc3cc(OC(=O)c4ccc(F)cc4)ccc3c2=O)cc1. The summed E-state index contributed by atoms with van der Waals surface area (Å²) in [5, 5.41) is -0.224. The summed E-state index contributed by atoms with van der Waals surface area (Å²) >= 11 is 0. The Balaban J connectivity index is 1.73. The number of carbonyl (C=O) groups is 1. The predicted molar refractivity (Wildman–Crippen MR) is 112 cm³/mol. The van der Waals surface area contributed by atoms with Crippen LogP contribution in [0.3, 0.4) is 0 Å². The maximum absolute atomic E-state index is 13.7. The quantitative estimate of drug-likeness (QED) is 0.202. The van der Waals surface area contributed by atoms with Gasteiger partial charge in [-0.15, -0.1) is 0 Å². The Hall–Kier alpha value is -4.34. The average molecular weight is 474 g/mol. The molecule has 0 aliphatic heterocycles. The van der Waals surface area contributed by atoms with Gasteiger partial charge in [0, 0.05) is 6.07 Å². The maximum atomic E-state index is 13.7. The number of benzene rings is 3. The number of hydrogen-bond acceptors (Lipinski definition) is 6. The van der Waals surface area contributed by atoms with Crippen molar-refractivity contribution in [2.75, 3.05) is 7.11 Å². The van der Waals surface area contributed by atoms with Crippen molar-refractivity contribution < 1.29 is 41.0 Å². The number of fused-ring (bicyclic) bond motifs is 1. The van der Waals surface area contributed by atoms with E-state index in [9.17, 15) is 27.2 Å². The number of hydrogen-bond donors (Lipinski definition) is 0. The summed E-state index contributed by atoms with van der Waals surface area (Å²) in [5.41, 5.74) is -1.52. The van der Waals surface area contributed by atoms with Crippen LogP contribution in [0.4, 0.5) is 17.6 Å². The molecule has 4 rings (SSSR count). The molecule has 1 aromatic heterocycles. The zero-order valence-electron chi connectivity index (χ0n) is 17.3. The number of carbonyl (C=O) groups excluding carboxylic acids is 1. The van der Waals surface area contributed by atoms with Gasteiger partial charge in [0.25, 0.3) is 5.76 Å². The first-order valence-corrected chi connectivity index (χ1v) is 9.63. The Morgan fingerprint density at radius 2 is 1.50 bits per heavy atom. The molecule has 1 heterocycles. The molecule has 0 unspecified atom stereocenters. The Morgan fingerprint density at radius 1 is 0.882 bits per heavy atom. The summed E-state index contributed by atoms with van der Waals surface area (Å²) in [5.74, 6) is -3.90. The molecule has 0 radical (unpaired) electrons. The zero-order valence-corrected chi connectivity index (χ0v) is 17.3. The highest BCUT2D eigenvalue weighted by Gasteiger charge is 2.40. The topological polar surface area (TPSA) is 75.0 Å². The van der Waals surface area contributed by atoms with Crippen LogP contribution >= 0.6 is 0 Å². The highest BCUT2D eigenvalue weighted by molar-refractivity contribution is 5.91. The van der Waals surface area contributed by atoms with Crippen LogP contribution in [0.25, 0.3) is 11.0 Å². The first-order chi connectivity index (χ1) is 16.2. The van der Waals surface area contributed by atoms with E-state index in [2.05, 4.69) is 0 Å². The summed E-state index contributed by atoms with van der Waals surface area (Å²) in [4.78, 5) is 25.1. The van der Waals surface area contributed by atoms with Gasteiger partial charge in [-0.2, -0.15) is 13.2 Å². The van der Waals surface area contributed by atoms with Gasteiger partial charge in [0.2, 0.25) is 11.2 Å². The number of ether oxygens (including phenoxy) is 3. The fourth-order valence-corrected chi connectivity index (χ4v) is 3.01. The van der Waals surface area contributed by atoms with Crippen molar-refractivity contribution in [3.8, 4) is 23.0 Å². The van der Waals surface area contributed by atoms with E-state index >= 15 is 0 Å². The molecular weight excluding hydrogens is 460 g/mol. The van der Waals surface area contributed by atoms with Crippen molar-refractivity contribution in [2.24, 2.45) is 0 Å². The van der Waals surface area contributed by atoms with Crippen LogP contribution in [0.15, 0.2) is 75.9 Å². The van der Waals surface area contributed by atoms with Crippen LogP contribution in [0, 0.1) is 5.82 Å². The van der Waals surface area contributed by atoms with Gasteiger partial charge in [-0.05, 0) is 60.7 Å². The largest absolute Gasteiger partial charge is 0.497 e. The zero-order chi connectivity index (χ0) is 24.5. The molecule has 34 heavy (non-hydrogen) atoms. The maximum Gasteiger partial charge on any atom is 0.453 e. The van der Waals surface area contributed by atoms with Crippen LogP contribution in [0.2, 0.25) is 0 Å². The van der Waals surface area contributed by atoms with Gasteiger partial charge in [0.15, 0.2) is 0 Å². The van der Waals surface area contributed by atoms with E-state index < -0.39 is 40.5 Å². The molecule has 4 aromatic rings. The van der Waals surface area contributed by atoms with Crippen molar-refractivity contribution in [1.82, 2.24) is 0 Å². The fourth-order valence-electron chi connectivity index (χ4n) is 3.01. The van der Waals surface area contributed by atoms with Gasteiger partial charge < -0.3 is 18.6 Å². The lowest BCUT2D eigenvalue weighted by Gasteiger charge is -2.14. The molecule has 10 heteroatoms. The van der Waals surface area contributed by atoms with E-state index in [0.717, 1.165) is 24.3 Å². The smallest absolute Gasteiger partial charge is 0.453 e. The lowest BCUT2D eigenvalue weighted by atomic mass is 10.2. The minimum Gasteiger partial charge on any atom is -0.497 e. The molecule has 0 spiro atoms. The molecule has 0 fully saturated rings. The minimum absolute atomic E-state index is 0.0159. The van der Waals surface area contributed by atoms with Crippen molar-refractivity contribution in [1.29, 1.82) is 0 Å². The van der Waals surface area contributed by atoms with Gasteiger partial charge in [0.05, 0.1) is 18.1 Å². The standard InChI is InChI=1S/C24H14F4O6/c1-31-15-6-8-16(9-7-15)32-21-20(29)18-11-10-17(12-19(18)34-22(21)24(26,27)28)33-23(30)13-2-4-14(25)5-3-13/h2-12H,1H3. The molecule has 3 aromatic carbocycles. The number of halogens is 4. The predicted octanol–water partition coefficient (Wildman–Crippen LogP) is 5.97. The molecule has 0 saturated carbocycles. The van der Waals surface area contributed by atoms with E-state index in [4.69, 9.17) is 18.6 Å². The van der Waals surface area contributed by atoms with Crippen molar-refractivity contribution in [2.45, 2.75) is 6.18 Å². The molecule has 0 N–H and O–H groups in total. The Bertz CT molecular complexity index is 1410. The number of esters is 1.